The maximum absolute atomic E-state index is 12.7. The molecular weight excluding hydrogens is 340 g/mol. The molecule has 1 aliphatic heterocycles. The average molecular weight is 362 g/mol. The normalized spacial score (nSPS) is 17.5. The summed E-state index contributed by atoms with van der Waals surface area (Å²) in [4.78, 5) is 14.6. The molecule has 138 valence electrons. The highest BCUT2D eigenvalue weighted by molar-refractivity contribution is 5.92. The minimum absolute atomic E-state index is 0.0134. The van der Waals surface area contributed by atoms with Gasteiger partial charge in [-0.05, 0) is 37.1 Å². The van der Waals surface area contributed by atoms with Crippen LogP contribution < -0.4 is 4.74 Å². The van der Waals surface area contributed by atoms with Crippen molar-refractivity contribution in [3.8, 4) is 5.75 Å². The summed E-state index contributed by atoms with van der Waals surface area (Å²) >= 11 is 0. The number of hydrogen-bond acceptors (Lipinski definition) is 4. The second-order valence-corrected chi connectivity index (χ2v) is 6.69. The van der Waals surface area contributed by atoms with Crippen molar-refractivity contribution in [2.24, 2.45) is 0 Å². The van der Waals surface area contributed by atoms with Crippen molar-refractivity contribution in [2.75, 3.05) is 20.2 Å². The number of fused-ring (bicyclic) bond motifs is 1. The Bertz CT molecular complexity index is 979. The van der Waals surface area contributed by atoms with Crippen molar-refractivity contribution in [2.45, 2.75) is 18.8 Å². The molecule has 1 fully saturated rings. The topological polar surface area (TPSA) is 59.7 Å². The number of likely N-dealkylation sites (tertiary alicyclic amines) is 1. The smallest absolute Gasteiger partial charge is 0.246 e. The van der Waals surface area contributed by atoms with Crippen LogP contribution in [-0.2, 0) is 4.79 Å². The Balaban J connectivity index is 1.49. The second kappa shape index (κ2) is 7.61. The van der Waals surface area contributed by atoms with E-state index >= 15 is 0 Å². The number of piperidine rings is 1. The van der Waals surface area contributed by atoms with Crippen molar-refractivity contribution < 1.29 is 9.53 Å². The third kappa shape index (κ3) is 3.56. The number of pyridine rings is 1. The SMILES string of the molecule is COc1ccccc1C=CC(=O)N1CCCC(c2nnc3ccccn23)C1. The van der Waals surface area contributed by atoms with Gasteiger partial charge >= 0.3 is 0 Å². The molecule has 0 radical (unpaired) electrons. The molecule has 0 spiro atoms. The number of nitrogens with zero attached hydrogens (tertiary/aromatic N) is 4. The zero-order chi connectivity index (χ0) is 18.6. The van der Waals surface area contributed by atoms with Crippen molar-refractivity contribution in [3.05, 3.63) is 66.1 Å². The highest BCUT2D eigenvalue weighted by Crippen LogP contribution is 2.26. The molecule has 4 rings (SSSR count). The molecule has 0 N–H and O–H groups in total. The minimum atomic E-state index is 0.0134. The van der Waals surface area contributed by atoms with Crippen molar-refractivity contribution in [3.63, 3.8) is 0 Å². The first-order chi connectivity index (χ1) is 13.3. The molecule has 27 heavy (non-hydrogen) atoms. The first-order valence-electron chi connectivity index (χ1n) is 9.16. The first kappa shape index (κ1) is 17.3. The predicted octanol–water partition coefficient (Wildman–Crippen LogP) is 3.16. The number of aromatic nitrogens is 3. The maximum Gasteiger partial charge on any atom is 0.246 e. The molecule has 1 unspecified atom stereocenters. The maximum atomic E-state index is 12.7. The number of carbonyl (C=O) groups excluding carboxylic acids is 1. The minimum Gasteiger partial charge on any atom is -0.496 e. The van der Waals surface area contributed by atoms with Crippen LogP contribution in [0.2, 0.25) is 0 Å². The van der Waals surface area contributed by atoms with Gasteiger partial charge < -0.3 is 9.64 Å². The van der Waals surface area contributed by atoms with Crippen LogP contribution in [0.4, 0.5) is 0 Å². The van der Waals surface area contributed by atoms with E-state index in [0.29, 0.717) is 6.54 Å². The number of carbonyl (C=O) groups is 1. The molecule has 6 heteroatoms. The highest BCUT2D eigenvalue weighted by atomic mass is 16.5. The molecular formula is C21H22N4O2. The lowest BCUT2D eigenvalue weighted by atomic mass is 9.97. The Morgan fingerprint density at radius 1 is 1.19 bits per heavy atom. The molecule has 1 saturated heterocycles. The molecule has 0 bridgehead atoms. The van der Waals surface area contributed by atoms with Gasteiger partial charge in [-0.15, -0.1) is 10.2 Å². The van der Waals surface area contributed by atoms with Crippen molar-refractivity contribution in [1.82, 2.24) is 19.5 Å². The monoisotopic (exact) mass is 362 g/mol. The van der Waals surface area contributed by atoms with Gasteiger partial charge in [0.05, 0.1) is 7.11 Å². The standard InChI is InChI=1S/C21H22N4O2/c1-27-18-9-3-2-7-16(18)11-12-20(26)24-13-6-8-17(15-24)21-23-22-19-10-4-5-14-25(19)21/h2-5,7,9-12,14,17H,6,8,13,15H2,1H3. The van der Waals surface area contributed by atoms with E-state index < -0.39 is 0 Å². The molecule has 3 aromatic rings. The summed E-state index contributed by atoms with van der Waals surface area (Å²) in [7, 11) is 1.63. The molecule has 1 atom stereocenters. The lowest BCUT2D eigenvalue weighted by molar-refractivity contribution is -0.127. The number of para-hydroxylation sites is 1. The molecule has 1 amide bonds. The Labute approximate surface area is 158 Å². The van der Waals surface area contributed by atoms with Crippen LogP contribution in [0.15, 0.2) is 54.7 Å². The van der Waals surface area contributed by atoms with E-state index in [1.807, 2.05) is 64.0 Å². The third-order valence-electron chi connectivity index (χ3n) is 4.98. The summed E-state index contributed by atoms with van der Waals surface area (Å²) in [5, 5.41) is 8.61. The first-order valence-corrected chi connectivity index (χ1v) is 9.16. The van der Waals surface area contributed by atoms with E-state index in [9.17, 15) is 4.79 Å². The molecule has 3 heterocycles. The van der Waals surface area contributed by atoms with E-state index in [1.54, 1.807) is 13.2 Å². The summed E-state index contributed by atoms with van der Waals surface area (Å²) in [6.07, 6.45) is 7.39. The van der Waals surface area contributed by atoms with Gasteiger partial charge in [0.15, 0.2) is 5.65 Å². The van der Waals surface area contributed by atoms with Gasteiger partial charge in [-0.25, -0.2) is 0 Å². The quantitative estimate of drug-likeness (QED) is 0.669. The molecule has 2 aromatic heterocycles. The fraction of sp³-hybridized carbons (Fsp3) is 0.286. The van der Waals surface area contributed by atoms with E-state index in [2.05, 4.69) is 10.2 Å². The lowest BCUT2D eigenvalue weighted by Crippen LogP contribution is -2.38. The Hall–Kier alpha value is -3.15. The fourth-order valence-corrected chi connectivity index (χ4v) is 3.60. The lowest BCUT2D eigenvalue weighted by Gasteiger charge is -2.31. The van der Waals surface area contributed by atoms with Crippen LogP contribution in [0, 0.1) is 0 Å². The second-order valence-electron chi connectivity index (χ2n) is 6.69. The van der Waals surface area contributed by atoms with Crippen molar-refractivity contribution >= 4 is 17.6 Å². The molecule has 1 aromatic carbocycles. The van der Waals surface area contributed by atoms with Crippen LogP contribution in [0.3, 0.4) is 0 Å². The van der Waals surface area contributed by atoms with Gasteiger partial charge in [-0.3, -0.25) is 9.20 Å². The van der Waals surface area contributed by atoms with Crippen molar-refractivity contribution in [1.29, 1.82) is 0 Å². The predicted molar refractivity (Wildman–Crippen MR) is 104 cm³/mol. The zero-order valence-electron chi connectivity index (χ0n) is 15.3. The number of ether oxygens (including phenoxy) is 1. The summed E-state index contributed by atoms with van der Waals surface area (Å²) in [6, 6.07) is 13.5. The number of amides is 1. The van der Waals surface area contributed by atoms with Crippen LogP contribution in [-0.4, -0.2) is 45.6 Å². The summed E-state index contributed by atoms with van der Waals surface area (Å²) < 4.78 is 7.35. The number of methoxy groups -OCH3 is 1. The van der Waals surface area contributed by atoms with E-state index in [0.717, 1.165) is 42.2 Å². The van der Waals surface area contributed by atoms with Gasteiger partial charge in [-0.1, -0.05) is 24.3 Å². The number of benzene rings is 1. The number of hydrogen-bond donors (Lipinski definition) is 0. The Morgan fingerprint density at radius 2 is 2.04 bits per heavy atom. The number of rotatable bonds is 4. The van der Waals surface area contributed by atoms with Crippen LogP contribution in [0.1, 0.15) is 30.1 Å². The van der Waals surface area contributed by atoms with Gasteiger partial charge in [0.2, 0.25) is 5.91 Å². The van der Waals surface area contributed by atoms with Crippen LogP contribution in [0.25, 0.3) is 11.7 Å². The molecule has 0 saturated carbocycles. The largest absolute Gasteiger partial charge is 0.496 e. The zero-order valence-corrected chi connectivity index (χ0v) is 15.3. The third-order valence-corrected chi connectivity index (χ3v) is 4.98. The van der Waals surface area contributed by atoms with Gasteiger partial charge in [0.25, 0.3) is 0 Å². The van der Waals surface area contributed by atoms with Gasteiger partial charge in [0, 0.05) is 36.8 Å². The van der Waals surface area contributed by atoms with E-state index in [-0.39, 0.29) is 11.8 Å². The molecule has 0 aliphatic carbocycles. The van der Waals surface area contributed by atoms with Gasteiger partial charge in [-0.2, -0.15) is 0 Å². The highest BCUT2D eigenvalue weighted by Gasteiger charge is 2.27. The molecule has 1 aliphatic rings. The van der Waals surface area contributed by atoms with Crippen LogP contribution in [0.5, 0.6) is 5.75 Å². The average Bonchev–Trinajstić information content (AvgIpc) is 3.16. The summed E-state index contributed by atoms with van der Waals surface area (Å²) in [5.74, 6) is 1.89. The molecule has 6 nitrogen and oxygen atoms in total. The summed E-state index contributed by atoms with van der Waals surface area (Å²) in [5.41, 5.74) is 1.73. The Morgan fingerprint density at radius 3 is 2.93 bits per heavy atom. The summed E-state index contributed by atoms with van der Waals surface area (Å²) in [6.45, 7) is 1.42. The van der Waals surface area contributed by atoms with Gasteiger partial charge in [0.1, 0.15) is 11.6 Å². The Kier molecular flexibility index (Phi) is 4.87. The van der Waals surface area contributed by atoms with Crippen LogP contribution >= 0.6 is 0 Å². The van der Waals surface area contributed by atoms with E-state index in [4.69, 9.17) is 4.74 Å². The fourth-order valence-electron chi connectivity index (χ4n) is 3.60. The van der Waals surface area contributed by atoms with E-state index in [1.165, 1.54) is 0 Å².